The van der Waals surface area contributed by atoms with Crippen LogP contribution in [-0.4, -0.2) is 28.9 Å². The van der Waals surface area contributed by atoms with Gasteiger partial charge in [-0.3, -0.25) is 0 Å². The fourth-order valence-corrected chi connectivity index (χ4v) is 1.82. The van der Waals surface area contributed by atoms with Crippen molar-refractivity contribution in [2.45, 2.75) is 45.1 Å². The summed E-state index contributed by atoms with van der Waals surface area (Å²) in [5.74, 6) is -0.764. The van der Waals surface area contributed by atoms with Crippen molar-refractivity contribution in [3.63, 3.8) is 0 Å². The minimum atomic E-state index is -0.941. The van der Waals surface area contributed by atoms with E-state index in [9.17, 15) is 9.90 Å². The van der Waals surface area contributed by atoms with Crippen molar-refractivity contribution in [2.75, 3.05) is 6.61 Å². The Labute approximate surface area is 114 Å². The summed E-state index contributed by atoms with van der Waals surface area (Å²) in [6, 6.07) is 6.53. The standard InChI is InChI=1S/C15H22O4/c1-2-3-4-5-10-19-14(15(17)18)11-12-6-8-13(16)9-7-12/h6-9,14,16H,2-5,10-11H2,1H3,(H,17,18)/t14-/m0/s1. The second-order valence-electron chi connectivity index (χ2n) is 4.63. The van der Waals surface area contributed by atoms with Gasteiger partial charge in [0, 0.05) is 13.0 Å². The molecule has 106 valence electrons. The summed E-state index contributed by atoms with van der Waals surface area (Å²) in [6.07, 6.45) is 3.78. The number of carboxylic acid groups (broad SMARTS) is 1. The van der Waals surface area contributed by atoms with Gasteiger partial charge in [-0.25, -0.2) is 4.79 Å². The Kier molecular flexibility index (Phi) is 6.97. The molecule has 0 fully saturated rings. The monoisotopic (exact) mass is 266 g/mol. The zero-order valence-electron chi connectivity index (χ0n) is 11.3. The topological polar surface area (TPSA) is 66.8 Å². The Morgan fingerprint density at radius 3 is 2.47 bits per heavy atom. The molecule has 0 aliphatic rings. The van der Waals surface area contributed by atoms with Crippen molar-refractivity contribution in [1.29, 1.82) is 0 Å². The second-order valence-corrected chi connectivity index (χ2v) is 4.63. The van der Waals surface area contributed by atoms with Crippen LogP contribution in [0.5, 0.6) is 5.75 Å². The Hall–Kier alpha value is -1.55. The minimum Gasteiger partial charge on any atom is -0.508 e. The molecule has 0 heterocycles. The lowest BCUT2D eigenvalue weighted by atomic mass is 10.1. The first kappa shape index (κ1) is 15.5. The van der Waals surface area contributed by atoms with Crippen LogP contribution in [0.4, 0.5) is 0 Å². The summed E-state index contributed by atoms with van der Waals surface area (Å²) in [5.41, 5.74) is 0.846. The molecule has 1 atom stereocenters. The lowest BCUT2D eigenvalue weighted by molar-refractivity contribution is -0.150. The summed E-state index contributed by atoms with van der Waals surface area (Å²) in [6.45, 7) is 2.61. The summed E-state index contributed by atoms with van der Waals surface area (Å²) < 4.78 is 5.42. The normalized spacial score (nSPS) is 12.3. The van der Waals surface area contributed by atoms with Crippen LogP contribution >= 0.6 is 0 Å². The molecule has 2 N–H and O–H groups in total. The number of phenols is 1. The Balaban J connectivity index is 2.40. The van der Waals surface area contributed by atoms with Gasteiger partial charge in [-0.1, -0.05) is 38.3 Å². The molecule has 0 unspecified atom stereocenters. The molecular formula is C15H22O4. The Morgan fingerprint density at radius 1 is 1.21 bits per heavy atom. The van der Waals surface area contributed by atoms with Gasteiger partial charge in [0.05, 0.1) is 0 Å². The Morgan fingerprint density at radius 2 is 1.89 bits per heavy atom. The quantitative estimate of drug-likeness (QED) is 0.674. The van der Waals surface area contributed by atoms with Crippen molar-refractivity contribution in [3.8, 4) is 5.75 Å². The van der Waals surface area contributed by atoms with Gasteiger partial charge < -0.3 is 14.9 Å². The summed E-state index contributed by atoms with van der Waals surface area (Å²) in [4.78, 5) is 11.1. The maximum Gasteiger partial charge on any atom is 0.333 e. The number of rotatable bonds is 9. The van der Waals surface area contributed by atoms with E-state index in [2.05, 4.69) is 6.92 Å². The first-order valence-corrected chi connectivity index (χ1v) is 6.75. The molecule has 1 rings (SSSR count). The second kappa shape index (κ2) is 8.53. The van der Waals surface area contributed by atoms with E-state index in [-0.39, 0.29) is 5.75 Å². The number of hydrogen-bond acceptors (Lipinski definition) is 3. The van der Waals surface area contributed by atoms with E-state index in [0.717, 1.165) is 31.2 Å². The number of ether oxygens (including phenoxy) is 1. The van der Waals surface area contributed by atoms with Crippen molar-refractivity contribution in [2.24, 2.45) is 0 Å². The van der Waals surface area contributed by atoms with Gasteiger partial charge in [-0.2, -0.15) is 0 Å². The van der Waals surface area contributed by atoms with E-state index < -0.39 is 12.1 Å². The molecule has 0 radical (unpaired) electrons. The first-order valence-electron chi connectivity index (χ1n) is 6.75. The highest BCUT2D eigenvalue weighted by atomic mass is 16.5. The number of phenolic OH excluding ortho intramolecular Hbond substituents is 1. The molecule has 4 nitrogen and oxygen atoms in total. The van der Waals surface area contributed by atoms with Crippen molar-refractivity contribution >= 4 is 5.97 Å². The van der Waals surface area contributed by atoms with Gasteiger partial charge in [0.1, 0.15) is 5.75 Å². The van der Waals surface area contributed by atoms with Crippen molar-refractivity contribution < 1.29 is 19.7 Å². The van der Waals surface area contributed by atoms with E-state index in [1.807, 2.05) is 0 Å². The van der Waals surface area contributed by atoms with Crippen LogP contribution < -0.4 is 0 Å². The lowest BCUT2D eigenvalue weighted by Gasteiger charge is -2.13. The van der Waals surface area contributed by atoms with Gasteiger partial charge in [0.15, 0.2) is 6.10 Å². The molecule has 0 spiro atoms. The molecule has 4 heteroatoms. The van der Waals surface area contributed by atoms with E-state index in [1.54, 1.807) is 24.3 Å². The largest absolute Gasteiger partial charge is 0.508 e. The fourth-order valence-electron chi connectivity index (χ4n) is 1.82. The van der Waals surface area contributed by atoms with Crippen LogP contribution in [0.3, 0.4) is 0 Å². The van der Waals surface area contributed by atoms with Crippen molar-refractivity contribution in [1.82, 2.24) is 0 Å². The highest BCUT2D eigenvalue weighted by molar-refractivity contribution is 5.72. The predicted molar refractivity (Wildman–Crippen MR) is 73.3 cm³/mol. The van der Waals surface area contributed by atoms with Gasteiger partial charge in [-0.05, 0) is 24.1 Å². The number of aliphatic carboxylic acids is 1. The van der Waals surface area contributed by atoms with Crippen LogP contribution in [0.25, 0.3) is 0 Å². The zero-order chi connectivity index (χ0) is 14.1. The first-order chi connectivity index (χ1) is 9.13. The summed E-state index contributed by atoms with van der Waals surface area (Å²) >= 11 is 0. The molecule has 0 saturated carbocycles. The maximum absolute atomic E-state index is 11.1. The molecule has 0 amide bonds. The molecule has 19 heavy (non-hydrogen) atoms. The van der Waals surface area contributed by atoms with E-state index in [0.29, 0.717) is 13.0 Å². The van der Waals surface area contributed by atoms with Gasteiger partial charge >= 0.3 is 5.97 Å². The summed E-state index contributed by atoms with van der Waals surface area (Å²) in [7, 11) is 0. The number of benzene rings is 1. The number of carboxylic acids is 1. The van der Waals surface area contributed by atoms with Crippen LogP contribution in [-0.2, 0) is 16.0 Å². The van der Waals surface area contributed by atoms with E-state index >= 15 is 0 Å². The molecule has 1 aromatic carbocycles. The third-order valence-electron chi connectivity index (χ3n) is 2.95. The number of hydrogen-bond donors (Lipinski definition) is 2. The highest BCUT2D eigenvalue weighted by Gasteiger charge is 2.18. The minimum absolute atomic E-state index is 0.177. The summed E-state index contributed by atoms with van der Waals surface area (Å²) in [5, 5.41) is 18.3. The lowest BCUT2D eigenvalue weighted by Crippen LogP contribution is -2.26. The van der Waals surface area contributed by atoms with E-state index in [4.69, 9.17) is 9.84 Å². The van der Waals surface area contributed by atoms with Crippen molar-refractivity contribution in [3.05, 3.63) is 29.8 Å². The zero-order valence-corrected chi connectivity index (χ0v) is 11.3. The Bertz CT molecular complexity index is 372. The van der Waals surface area contributed by atoms with Gasteiger partial charge in [0.2, 0.25) is 0 Å². The third-order valence-corrected chi connectivity index (χ3v) is 2.95. The van der Waals surface area contributed by atoms with Gasteiger partial charge in [-0.15, -0.1) is 0 Å². The van der Waals surface area contributed by atoms with Crippen LogP contribution in [0.2, 0.25) is 0 Å². The smallest absolute Gasteiger partial charge is 0.333 e. The highest BCUT2D eigenvalue weighted by Crippen LogP contribution is 2.13. The van der Waals surface area contributed by atoms with Crippen LogP contribution in [0.15, 0.2) is 24.3 Å². The van der Waals surface area contributed by atoms with Crippen LogP contribution in [0.1, 0.15) is 38.2 Å². The number of aromatic hydroxyl groups is 1. The van der Waals surface area contributed by atoms with Crippen LogP contribution in [0, 0.1) is 0 Å². The number of carbonyl (C=O) groups is 1. The molecule has 0 saturated heterocycles. The average molecular weight is 266 g/mol. The van der Waals surface area contributed by atoms with Gasteiger partial charge in [0.25, 0.3) is 0 Å². The molecule has 0 aliphatic carbocycles. The molecule has 0 bridgehead atoms. The van der Waals surface area contributed by atoms with E-state index in [1.165, 1.54) is 0 Å². The molecular weight excluding hydrogens is 244 g/mol. The third kappa shape index (κ3) is 6.25. The molecule has 0 aliphatic heterocycles. The fraction of sp³-hybridized carbons (Fsp3) is 0.533. The predicted octanol–water partition coefficient (Wildman–Crippen LogP) is 2.98. The SMILES string of the molecule is CCCCCCO[C@@H](Cc1ccc(O)cc1)C(=O)O. The molecule has 0 aromatic heterocycles. The number of unbranched alkanes of at least 4 members (excludes halogenated alkanes) is 3. The average Bonchev–Trinajstić information content (AvgIpc) is 2.39. The maximum atomic E-state index is 11.1. The molecule has 1 aromatic rings.